The molecule has 2 amide bonds. The van der Waals surface area contributed by atoms with Crippen molar-refractivity contribution in [2.45, 2.75) is 44.2 Å². The third-order valence-corrected chi connectivity index (χ3v) is 4.56. The van der Waals surface area contributed by atoms with Crippen molar-refractivity contribution in [2.75, 3.05) is 11.9 Å². The summed E-state index contributed by atoms with van der Waals surface area (Å²) in [5.41, 5.74) is 5.76. The summed E-state index contributed by atoms with van der Waals surface area (Å²) in [6.45, 7) is -0.149. The van der Waals surface area contributed by atoms with E-state index >= 15 is 0 Å². The molecule has 2 aliphatic rings. The number of nitrogens with two attached hydrogens (primary N) is 1. The number of rotatable bonds is 6. The van der Waals surface area contributed by atoms with Gasteiger partial charge in [-0.2, -0.15) is 0 Å². The van der Waals surface area contributed by atoms with Gasteiger partial charge in [-0.1, -0.05) is 0 Å². The van der Waals surface area contributed by atoms with Gasteiger partial charge in [-0.25, -0.2) is 0 Å². The molecule has 0 spiro atoms. The molecule has 124 valence electrons. The van der Waals surface area contributed by atoms with Crippen molar-refractivity contribution in [1.29, 1.82) is 0 Å². The molecule has 0 radical (unpaired) electrons. The van der Waals surface area contributed by atoms with E-state index in [0.29, 0.717) is 30.2 Å². The van der Waals surface area contributed by atoms with Crippen molar-refractivity contribution in [1.82, 2.24) is 5.32 Å². The fourth-order valence-corrected chi connectivity index (χ4v) is 3.60. The Morgan fingerprint density at radius 1 is 1.17 bits per heavy atom. The van der Waals surface area contributed by atoms with Gasteiger partial charge >= 0.3 is 0 Å². The van der Waals surface area contributed by atoms with Crippen LogP contribution in [-0.4, -0.2) is 30.5 Å². The summed E-state index contributed by atoms with van der Waals surface area (Å²) in [5.74, 6) is 0.573. The molecule has 2 heterocycles. The van der Waals surface area contributed by atoms with E-state index in [1.54, 1.807) is 24.3 Å². The molecule has 1 aromatic carbocycles. The fourth-order valence-electron chi connectivity index (χ4n) is 3.60. The van der Waals surface area contributed by atoms with Crippen LogP contribution in [0, 0.1) is 5.92 Å². The van der Waals surface area contributed by atoms with Gasteiger partial charge < -0.3 is 21.1 Å². The number of carbonyl (C=O) groups excluding carboxylic acids is 2. The van der Waals surface area contributed by atoms with Crippen LogP contribution in [-0.2, 0) is 9.59 Å². The zero-order valence-electron chi connectivity index (χ0n) is 13.1. The molecule has 2 saturated heterocycles. The summed E-state index contributed by atoms with van der Waals surface area (Å²) in [4.78, 5) is 22.9. The first-order chi connectivity index (χ1) is 11.1. The molecule has 3 rings (SSSR count). The van der Waals surface area contributed by atoms with Gasteiger partial charge in [-0.05, 0) is 55.9 Å². The average molecular weight is 317 g/mol. The minimum Gasteiger partial charge on any atom is -0.484 e. The van der Waals surface area contributed by atoms with Crippen molar-refractivity contribution in [2.24, 2.45) is 11.7 Å². The first kappa shape index (κ1) is 15.8. The van der Waals surface area contributed by atoms with Crippen LogP contribution in [0.25, 0.3) is 0 Å². The Balaban J connectivity index is 1.47. The summed E-state index contributed by atoms with van der Waals surface area (Å²) in [6, 6.07) is 8.16. The molecule has 2 fully saturated rings. The number of carbonyl (C=O) groups is 2. The van der Waals surface area contributed by atoms with E-state index in [1.165, 1.54) is 12.8 Å². The monoisotopic (exact) mass is 317 g/mol. The van der Waals surface area contributed by atoms with Gasteiger partial charge in [0, 0.05) is 24.2 Å². The van der Waals surface area contributed by atoms with Gasteiger partial charge in [0.2, 0.25) is 5.91 Å². The SMILES string of the molecule is NC(=O)COc1ccc(NC(=O)CC2CC3CCC(C2)N3)cc1. The highest BCUT2D eigenvalue weighted by Crippen LogP contribution is 2.32. The van der Waals surface area contributed by atoms with Crippen molar-refractivity contribution in [3.63, 3.8) is 0 Å². The zero-order chi connectivity index (χ0) is 16.2. The Kier molecular flexibility index (Phi) is 4.81. The second kappa shape index (κ2) is 7.00. The molecule has 0 saturated carbocycles. The van der Waals surface area contributed by atoms with Crippen molar-refractivity contribution < 1.29 is 14.3 Å². The van der Waals surface area contributed by atoms with Crippen LogP contribution in [0.5, 0.6) is 5.75 Å². The molecule has 6 nitrogen and oxygen atoms in total. The lowest BCUT2D eigenvalue weighted by molar-refractivity contribution is -0.120. The van der Waals surface area contributed by atoms with Crippen LogP contribution in [0.1, 0.15) is 32.1 Å². The lowest BCUT2D eigenvalue weighted by atomic mass is 9.89. The average Bonchev–Trinajstić information content (AvgIpc) is 2.85. The third kappa shape index (κ3) is 4.45. The second-order valence-corrected chi connectivity index (χ2v) is 6.51. The van der Waals surface area contributed by atoms with Crippen LogP contribution < -0.4 is 21.1 Å². The third-order valence-electron chi connectivity index (χ3n) is 4.56. The van der Waals surface area contributed by atoms with E-state index in [9.17, 15) is 9.59 Å². The largest absolute Gasteiger partial charge is 0.484 e. The molecule has 1 aromatic rings. The number of hydrogen-bond donors (Lipinski definition) is 3. The Morgan fingerprint density at radius 2 is 1.83 bits per heavy atom. The highest BCUT2D eigenvalue weighted by Gasteiger charge is 2.34. The molecule has 23 heavy (non-hydrogen) atoms. The molecule has 2 atom stereocenters. The number of benzene rings is 1. The van der Waals surface area contributed by atoms with Crippen molar-refractivity contribution in [3.05, 3.63) is 24.3 Å². The van der Waals surface area contributed by atoms with E-state index < -0.39 is 5.91 Å². The van der Waals surface area contributed by atoms with E-state index in [-0.39, 0.29) is 12.5 Å². The van der Waals surface area contributed by atoms with Crippen molar-refractivity contribution >= 4 is 17.5 Å². The predicted octanol–water partition coefficient (Wildman–Crippen LogP) is 1.41. The summed E-state index contributed by atoms with van der Waals surface area (Å²) < 4.78 is 5.19. The molecular weight excluding hydrogens is 294 g/mol. The Bertz CT molecular complexity index is 561. The molecular formula is C17H23N3O3. The van der Waals surface area contributed by atoms with E-state index in [1.807, 2.05) is 0 Å². The predicted molar refractivity (Wildman–Crippen MR) is 87.0 cm³/mol. The topological polar surface area (TPSA) is 93.5 Å². The molecule has 6 heteroatoms. The van der Waals surface area contributed by atoms with Gasteiger partial charge in [0.05, 0.1) is 0 Å². The Hall–Kier alpha value is -2.08. The van der Waals surface area contributed by atoms with Gasteiger partial charge in [-0.15, -0.1) is 0 Å². The number of anilines is 1. The highest BCUT2D eigenvalue weighted by molar-refractivity contribution is 5.90. The number of amides is 2. The lowest BCUT2D eigenvalue weighted by Gasteiger charge is -2.28. The van der Waals surface area contributed by atoms with Gasteiger partial charge in [-0.3, -0.25) is 9.59 Å². The summed E-state index contributed by atoms with van der Waals surface area (Å²) in [7, 11) is 0. The summed E-state index contributed by atoms with van der Waals surface area (Å²) in [5, 5.41) is 6.52. The quantitative estimate of drug-likeness (QED) is 0.739. The van der Waals surface area contributed by atoms with Gasteiger partial charge in [0.1, 0.15) is 5.75 Å². The van der Waals surface area contributed by atoms with Crippen LogP contribution >= 0.6 is 0 Å². The van der Waals surface area contributed by atoms with Crippen LogP contribution in [0.2, 0.25) is 0 Å². The van der Waals surface area contributed by atoms with Gasteiger partial charge in [0.15, 0.2) is 6.61 Å². The van der Waals surface area contributed by atoms with Gasteiger partial charge in [0.25, 0.3) is 5.91 Å². The maximum absolute atomic E-state index is 12.2. The van der Waals surface area contributed by atoms with E-state index in [0.717, 1.165) is 18.5 Å². The number of nitrogens with one attached hydrogen (secondary N) is 2. The number of piperidine rings is 1. The molecule has 2 aliphatic heterocycles. The Labute approximate surface area is 135 Å². The van der Waals surface area contributed by atoms with Crippen molar-refractivity contribution in [3.8, 4) is 5.75 Å². The van der Waals surface area contributed by atoms with Crippen LogP contribution in [0.4, 0.5) is 5.69 Å². The second-order valence-electron chi connectivity index (χ2n) is 6.51. The highest BCUT2D eigenvalue weighted by atomic mass is 16.5. The normalized spacial score (nSPS) is 25.8. The number of hydrogen-bond acceptors (Lipinski definition) is 4. The summed E-state index contributed by atoms with van der Waals surface area (Å²) >= 11 is 0. The van der Waals surface area contributed by atoms with E-state index in [2.05, 4.69) is 10.6 Å². The number of fused-ring (bicyclic) bond motifs is 2. The minimum absolute atomic E-state index is 0.0575. The smallest absolute Gasteiger partial charge is 0.255 e. The van der Waals surface area contributed by atoms with E-state index in [4.69, 9.17) is 10.5 Å². The number of ether oxygens (including phenoxy) is 1. The van der Waals surface area contributed by atoms with Crippen LogP contribution in [0.15, 0.2) is 24.3 Å². The maximum atomic E-state index is 12.2. The summed E-state index contributed by atoms with van der Waals surface area (Å²) in [6.07, 6.45) is 5.27. The maximum Gasteiger partial charge on any atom is 0.255 e. The Morgan fingerprint density at radius 3 is 2.43 bits per heavy atom. The zero-order valence-corrected chi connectivity index (χ0v) is 13.1. The number of primary amides is 1. The minimum atomic E-state index is -0.515. The first-order valence-corrected chi connectivity index (χ1v) is 8.15. The first-order valence-electron chi connectivity index (χ1n) is 8.15. The molecule has 2 unspecified atom stereocenters. The molecule has 0 aromatic heterocycles. The molecule has 4 N–H and O–H groups in total. The van der Waals surface area contributed by atoms with Crippen LogP contribution in [0.3, 0.4) is 0 Å². The fraction of sp³-hybridized carbons (Fsp3) is 0.529. The standard InChI is InChI=1S/C17H23N3O3/c18-16(21)10-23-15-5-3-12(4-6-15)20-17(22)9-11-7-13-1-2-14(8-11)19-13/h3-6,11,13-14,19H,1-2,7-10H2,(H2,18,21)(H,20,22). The molecule has 2 bridgehead atoms. The molecule has 0 aliphatic carbocycles. The lowest BCUT2D eigenvalue weighted by Crippen LogP contribution is -2.39.